The first-order valence-electron chi connectivity index (χ1n) is 8.57. The van der Waals surface area contributed by atoms with Gasteiger partial charge in [-0.05, 0) is 78.5 Å². The van der Waals surface area contributed by atoms with Crippen molar-refractivity contribution >= 4 is 35.6 Å². The van der Waals surface area contributed by atoms with Crippen LogP contribution in [0, 0.1) is 0 Å². The third-order valence-electron chi connectivity index (χ3n) is 4.97. The van der Waals surface area contributed by atoms with Gasteiger partial charge >= 0.3 is 0 Å². The lowest BCUT2D eigenvalue weighted by Crippen LogP contribution is -2.22. The van der Waals surface area contributed by atoms with E-state index in [1.807, 2.05) is 0 Å². The van der Waals surface area contributed by atoms with E-state index in [1.54, 1.807) is 0 Å². The summed E-state index contributed by atoms with van der Waals surface area (Å²) in [5.41, 5.74) is 14.2. The highest BCUT2D eigenvalue weighted by Crippen LogP contribution is 2.25. The Morgan fingerprint density at radius 2 is 1.50 bits per heavy atom. The van der Waals surface area contributed by atoms with Gasteiger partial charge in [-0.1, -0.05) is 24.3 Å². The molecule has 3 nitrogen and oxygen atoms in total. The highest BCUT2D eigenvalue weighted by Gasteiger charge is 2.12. The molecular weight excluding hydrogens is 409 g/mol. The van der Waals surface area contributed by atoms with E-state index < -0.39 is 0 Å². The Kier molecular flexibility index (Phi) is 5.43. The average molecular weight is 433 g/mol. The minimum Gasteiger partial charge on any atom is -0.370 e. The summed E-state index contributed by atoms with van der Waals surface area (Å²) < 4.78 is 0. The van der Waals surface area contributed by atoms with E-state index in [1.165, 1.54) is 66.3 Å². The second-order valence-corrected chi connectivity index (χ2v) is 6.62. The summed E-state index contributed by atoms with van der Waals surface area (Å²) in [6.07, 6.45) is 7.36. The molecule has 0 amide bonds. The molecule has 0 saturated carbocycles. The largest absolute Gasteiger partial charge is 0.370 e. The molecule has 4 rings (SSSR count). The van der Waals surface area contributed by atoms with Gasteiger partial charge in [0.15, 0.2) is 5.96 Å². The van der Waals surface area contributed by atoms with Gasteiger partial charge in [0.05, 0.1) is 6.54 Å². The summed E-state index contributed by atoms with van der Waals surface area (Å²) in [4.78, 5) is 4.49. The standard InChI is InChI=1S/C20H23N3.HI/c21-20(23-19-10-9-16-4-2-6-18(16)12-19)22-13-14-7-8-15-3-1-5-17(15)11-14;/h7-12H,1-6,13H2,(H3,21,22,23);1H. The predicted octanol–water partition coefficient (Wildman–Crippen LogP) is 4.21. The molecule has 0 heterocycles. The van der Waals surface area contributed by atoms with E-state index in [0.717, 1.165) is 5.69 Å². The van der Waals surface area contributed by atoms with Crippen LogP contribution in [0.3, 0.4) is 0 Å². The number of nitrogens with zero attached hydrogens (tertiary/aromatic N) is 1. The summed E-state index contributed by atoms with van der Waals surface area (Å²) in [6.45, 7) is 0.636. The molecule has 0 bridgehead atoms. The first-order valence-corrected chi connectivity index (χ1v) is 8.57. The molecule has 0 atom stereocenters. The minimum atomic E-state index is 0. The zero-order valence-corrected chi connectivity index (χ0v) is 16.2. The molecule has 0 spiro atoms. The lowest BCUT2D eigenvalue weighted by Gasteiger charge is -2.08. The Labute approximate surface area is 160 Å². The van der Waals surface area contributed by atoms with Gasteiger partial charge in [-0.3, -0.25) is 0 Å². The lowest BCUT2D eigenvalue weighted by atomic mass is 10.1. The predicted molar refractivity (Wildman–Crippen MR) is 111 cm³/mol. The molecule has 0 unspecified atom stereocenters. The fraction of sp³-hybridized carbons (Fsp3) is 0.350. The number of hydrogen-bond acceptors (Lipinski definition) is 1. The number of guanidine groups is 1. The summed E-state index contributed by atoms with van der Waals surface area (Å²) in [7, 11) is 0. The van der Waals surface area contributed by atoms with Gasteiger partial charge in [-0.2, -0.15) is 0 Å². The molecule has 2 aliphatic rings. The monoisotopic (exact) mass is 433 g/mol. The number of fused-ring (bicyclic) bond motifs is 2. The number of aliphatic imine (C=N–C) groups is 1. The van der Waals surface area contributed by atoms with Crippen molar-refractivity contribution in [3.63, 3.8) is 0 Å². The lowest BCUT2D eigenvalue weighted by molar-refractivity contribution is 0.911. The van der Waals surface area contributed by atoms with E-state index >= 15 is 0 Å². The first kappa shape index (κ1) is 17.3. The number of nitrogens with two attached hydrogens (primary N) is 1. The van der Waals surface area contributed by atoms with Crippen molar-refractivity contribution < 1.29 is 0 Å². The molecule has 0 saturated heterocycles. The number of nitrogens with one attached hydrogen (secondary N) is 1. The summed E-state index contributed by atoms with van der Waals surface area (Å²) >= 11 is 0. The smallest absolute Gasteiger partial charge is 0.193 e. The van der Waals surface area contributed by atoms with Crippen LogP contribution in [-0.4, -0.2) is 5.96 Å². The highest BCUT2D eigenvalue weighted by molar-refractivity contribution is 14.0. The van der Waals surface area contributed by atoms with Gasteiger partial charge in [-0.25, -0.2) is 4.99 Å². The second-order valence-electron chi connectivity index (χ2n) is 6.62. The van der Waals surface area contributed by atoms with Gasteiger partial charge in [-0.15, -0.1) is 24.0 Å². The molecule has 2 aromatic rings. The molecule has 0 aliphatic heterocycles. The highest BCUT2D eigenvalue weighted by atomic mass is 127. The molecule has 126 valence electrons. The Balaban J connectivity index is 0.00000169. The molecule has 2 aliphatic carbocycles. The van der Waals surface area contributed by atoms with Gasteiger partial charge < -0.3 is 11.1 Å². The molecule has 3 N–H and O–H groups in total. The zero-order chi connectivity index (χ0) is 15.6. The van der Waals surface area contributed by atoms with Crippen LogP contribution in [0.4, 0.5) is 5.69 Å². The van der Waals surface area contributed by atoms with Crippen molar-refractivity contribution in [2.45, 2.75) is 45.1 Å². The van der Waals surface area contributed by atoms with Gasteiger partial charge in [0.2, 0.25) is 0 Å². The van der Waals surface area contributed by atoms with Crippen molar-refractivity contribution in [1.82, 2.24) is 0 Å². The molecule has 0 aromatic heterocycles. The number of rotatable bonds is 3. The fourth-order valence-electron chi connectivity index (χ4n) is 3.74. The maximum absolute atomic E-state index is 6.05. The van der Waals surface area contributed by atoms with Crippen LogP contribution in [0.1, 0.15) is 40.7 Å². The van der Waals surface area contributed by atoms with Crippen LogP contribution in [0.5, 0.6) is 0 Å². The van der Waals surface area contributed by atoms with Crippen LogP contribution in [0.15, 0.2) is 41.4 Å². The quantitative estimate of drug-likeness (QED) is 0.433. The van der Waals surface area contributed by atoms with Crippen molar-refractivity contribution in [1.29, 1.82) is 0 Å². The second kappa shape index (κ2) is 7.55. The Hall–Kier alpha value is -1.56. The average Bonchev–Trinajstić information content (AvgIpc) is 3.20. The summed E-state index contributed by atoms with van der Waals surface area (Å²) in [6, 6.07) is 13.2. The maximum atomic E-state index is 6.05. The number of halogens is 1. The third-order valence-corrected chi connectivity index (χ3v) is 4.97. The van der Waals surface area contributed by atoms with Crippen LogP contribution in [0.2, 0.25) is 0 Å². The Morgan fingerprint density at radius 1 is 0.875 bits per heavy atom. The SMILES string of the molecule is I.NC(=NCc1ccc2c(c1)CCC2)Nc1ccc2c(c1)CCC2. The van der Waals surface area contributed by atoms with Crippen molar-refractivity contribution in [2.75, 3.05) is 5.32 Å². The number of hydrogen-bond donors (Lipinski definition) is 2. The van der Waals surface area contributed by atoms with Gasteiger partial charge in [0.1, 0.15) is 0 Å². The normalized spacial score (nSPS) is 15.6. The van der Waals surface area contributed by atoms with Crippen LogP contribution in [-0.2, 0) is 32.2 Å². The van der Waals surface area contributed by atoms with Gasteiger partial charge in [0.25, 0.3) is 0 Å². The van der Waals surface area contributed by atoms with E-state index in [9.17, 15) is 0 Å². The third kappa shape index (κ3) is 3.74. The molecule has 24 heavy (non-hydrogen) atoms. The fourth-order valence-corrected chi connectivity index (χ4v) is 3.74. The zero-order valence-electron chi connectivity index (χ0n) is 13.8. The van der Waals surface area contributed by atoms with Crippen molar-refractivity contribution in [3.05, 3.63) is 64.2 Å². The number of anilines is 1. The molecule has 0 radical (unpaired) electrons. The first-order chi connectivity index (χ1) is 11.3. The minimum absolute atomic E-state index is 0. The van der Waals surface area contributed by atoms with Crippen LogP contribution >= 0.6 is 24.0 Å². The molecule has 2 aromatic carbocycles. The van der Waals surface area contributed by atoms with E-state index in [0.29, 0.717) is 12.5 Å². The summed E-state index contributed by atoms with van der Waals surface area (Å²) in [5, 5.41) is 3.22. The number of aryl methyl sites for hydroxylation is 4. The van der Waals surface area contributed by atoms with Crippen molar-refractivity contribution in [3.8, 4) is 0 Å². The van der Waals surface area contributed by atoms with Crippen LogP contribution in [0.25, 0.3) is 0 Å². The molecular formula is C20H24IN3. The maximum Gasteiger partial charge on any atom is 0.193 e. The Bertz CT molecular complexity index is 767. The van der Waals surface area contributed by atoms with E-state index in [4.69, 9.17) is 5.73 Å². The topological polar surface area (TPSA) is 50.4 Å². The molecule has 4 heteroatoms. The number of benzene rings is 2. The van der Waals surface area contributed by atoms with E-state index in [-0.39, 0.29) is 24.0 Å². The van der Waals surface area contributed by atoms with E-state index in [2.05, 4.69) is 46.7 Å². The van der Waals surface area contributed by atoms with Crippen LogP contribution < -0.4 is 11.1 Å². The van der Waals surface area contributed by atoms with Gasteiger partial charge in [0, 0.05) is 5.69 Å². The van der Waals surface area contributed by atoms with Crippen molar-refractivity contribution in [2.24, 2.45) is 10.7 Å². The molecule has 0 fully saturated rings. The Morgan fingerprint density at radius 3 is 2.25 bits per heavy atom. The summed E-state index contributed by atoms with van der Waals surface area (Å²) in [5.74, 6) is 0.489.